The van der Waals surface area contributed by atoms with E-state index >= 15 is 0 Å². The fourth-order valence-corrected chi connectivity index (χ4v) is 3.76. The first-order valence-corrected chi connectivity index (χ1v) is 11.8. The summed E-state index contributed by atoms with van der Waals surface area (Å²) in [5.74, 6) is -0.832. The minimum atomic E-state index is -4.57. The Morgan fingerprint density at radius 2 is 1.77 bits per heavy atom. The van der Waals surface area contributed by atoms with Gasteiger partial charge in [0, 0.05) is 0 Å². The van der Waals surface area contributed by atoms with Crippen LogP contribution in [0.25, 0.3) is 6.08 Å². The summed E-state index contributed by atoms with van der Waals surface area (Å²) >= 11 is 0.932. The van der Waals surface area contributed by atoms with Crippen molar-refractivity contribution >= 4 is 29.4 Å². The molecule has 186 valence electrons. The van der Waals surface area contributed by atoms with Crippen molar-refractivity contribution in [2.45, 2.75) is 46.0 Å². The van der Waals surface area contributed by atoms with Crippen LogP contribution in [0.15, 0.2) is 58.5 Å². The van der Waals surface area contributed by atoms with Gasteiger partial charge in [0.05, 0.1) is 28.3 Å². The molecule has 3 aromatic rings. The lowest BCUT2D eigenvalue weighted by Gasteiger charge is -2.13. The van der Waals surface area contributed by atoms with E-state index in [4.69, 9.17) is 0 Å². The summed E-state index contributed by atoms with van der Waals surface area (Å²) in [7, 11) is 0. The fourth-order valence-electron chi connectivity index (χ4n) is 3.05. The lowest BCUT2D eigenvalue weighted by molar-refractivity contribution is -0.137. The number of amides is 1. The molecule has 1 aromatic heterocycles. The normalized spacial score (nSPS) is 11.2. The number of carbonyl (C=O) groups is 1. The zero-order chi connectivity index (χ0) is 26.2. The van der Waals surface area contributed by atoms with Gasteiger partial charge in [0.2, 0.25) is 5.91 Å². The first-order chi connectivity index (χ1) is 16.4. The first-order valence-electron chi connectivity index (χ1n) is 10.8. The maximum atomic E-state index is 12.9. The van der Waals surface area contributed by atoms with Crippen LogP contribution in [0.5, 0.6) is 0 Å². The van der Waals surface area contributed by atoms with Crippen LogP contribution in [0.4, 0.5) is 18.9 Å². The number of allylic oxidation sites excluding steroid dienone is 1. The summed E-state index contributed by atoms with van der Waals surface area (Å²) in [6, 6.07) is 11.2. The lowest BCUT2D eigenvalue weighted by Crippen LogP contribution is -2.19. The van der Waals surface area contributed by atoms with Gasteiger partial charge in [0.15, 0.2) is 5.16 Å². The molecule has 5 nitrogen and oxygen atoms in total. The molecule has 0 fully saturated rings. The third-order valence-electron chi connectivity index (χ3n) is 4.97. The zero-order valence-electron chi connectivity index (χ0n) is 20.2. The third-order valence-corrected chi connectivity index (χ3v) is 5.84. The van der Waals surface area contributed by atoms with Gasteiger partial charge in [-0.2, -0.15) is 13.2 Å². The second-order valence-corrected chi connectivity index (χ2v) is 8.80. The van der Waals surface area contributed by atoms with Crippen LogP contribution >= 0.6 is 11.8 Å². The maximum Gasteiger partial charge on any atom is 0.418 e. The highest BCUT2D eigenvalue weighted by Crippen LogP contribution is 2.34. The first kappa shape index (κ1) is 27.9. The molecular formula is C26H28F3N3O2S. The molecule has 0 unspecified atom stereocenters. The van der Waals surface area contributed by atoms with Gasteiger partial charge in [0.1, 0.15) is 0 Å². The van der Waals surface area contributed by atoms with E-state index in [9.17, 15) is 22.8 Å². The number of para-hydroxylation sites is 1. The summed E-state index contributed by atoms with van der Waals surface area (Å²) in [6.07, 6.45) is -1.24. The van der Waals surface area contributed by atoms with Crippen LogP contribution in [0.3, 0.4) is 0 Å². The molecule has 0 atom stereocenters. The van der Waals surface area contributed by atoms with Gasteiger partial charge >= 0.3 is 6.18 Å². The Balaban J connectivity index is 0.000000402. The van der Waals surface area contributed by atoms with E-state index in [-0.39, 0.29) is 22.2 Å². The second kappa shape index (κ2) is 12.4. The molecule has 1 amide bonds. The number of anilines is 1. The molecule has 2 aromatic carbocycles. The number of rotatable bonds is 5. The highest BCUT2D eigenvalue weighted by Gasteiger charge is 2.33. The molecule has 0 radical (unpaired) electrons. The van der Waals surface area contributed by atoms with Crippen molar-refractivity contribution in [2.24, 2.45) is 0 Å². The summed E-state index contributed by atoms with van der Waals surface area (Å²) in [6.45, 7) is 9.82. The van der Waals surface area contributed by atoms with E-state index < -0.39 is 17.6 Å². The Morgan fingerprint density at radius 3 is 2.34 bits per heavy atom. The van der Waals surface area contributed by atoms with E-state index in [1.807, 2.05) is 0 Å². The largest absolute Gasteiger partial charge is 0.418 e. The molecule has 0 spiro atoms. The fraction of sp³-hybridized carbons (Fsp3) is 0.269. The number of carbonyl (C=O) groups excluding carboxylic acids is 1. The van der Waals surface area contributed by atoms with Crippen molar-refractivity contribution in [3.63, 3.8) is 0 Å². The van der Waals surface area contributed by atoms with Gasteiger partial charge in [0.25, 0.3) is 5.56 Å². The predicted octanol–water partition coefficient (Wildman–Crippen LogP) is 6.47. The van der Waals surface area contributed by atoms with Crippen molar-refractivity contribution in [3.8, 4) is 0 Å². The molecule has 0 aliphatic rings. The van der Waals surface area contributed by atoms with Gasteiger partial charge in [-0.3, -0.25) is 9.59 Å². The average molecular weight is 504 g/mol. The van der Waals surface area contributed by atoms with Crippen molar-refractivity contribution in [1.29, 1.82) is 0 Å². The van der Waals surface area contributed by atoms with Crippen LogP contribution in [-0.4, -0.2) is 21.6 Å². The van der Waals surface area contributed by atoms with Crippen molar-refractivity contribution in [2.75, 3.05) is 11.1 Å². The van der Waals surface area contributed by atoms with Gasteiger partial charge < -0.3 is 10.3 Å². The molecule has 1 heterocycles. The minimum Gasteiger partial charge on any atom is -0.325 e. The van der Waals surface area contributed by atoms with Gasteiger partial charge in [-0.25, -0.2) is 4.98 Å². The molecule has 0 saturated heterocycles. The quantitative estimate of drug-likeness (QED) is 0.309. The number of thioether (sulfide) groups is 1. The summed E-state index contributed by atoms with van der Waals surface area (Å²) in [5, 5.41) is 2.46. The number of aryl methyl sites for hydroxylation is 4. The SMILES string of the molecule is C/C=C\c1c(C)nc(SCC(=O)Nc2ccccc2C(F)(F)F)[nH]c1=O.Cc1ccc(C)c(C)c1. The number of H-pyrrole nitrogens is 1. The smallest absolute Gasteiger partial charge is 0.325 e. The Morgan fingerprint density at radius 1 is 1.09 bits per heavy atom. The number of benzene rings is 2. The molecule has 0 bridgehead atoms. The third kappa shape index (κ3) is 8.43. The molecular weight excluding hydrogens is 475 g/mol. The average Bonchev–Trinajstić information content (AvgIpc) is 2.78. The number of hydrogen-bond donors (Lipinski definition) is 2. The van der Waals surface area contributed by atoms with Gasteiger partial charge in [-0.05, 0) is 57.9 Å². The monoisotopic (exact) mass is 503 g/mol. The van der Waals surface area contributed by atoms with E-state index in [2.05, 4.69) is 54.3 Å². The van der Waals surface area contributed by atoms with E-state index in [0.717, 1.165) is 17.8 Å². The second-order valence-electron chi connectivity index (χ2n) is 7.84. The molecule has 0 aliphatic carbocycles. The Bertz CT molecular complexity index is 1270. The van der Waals surface area contributed by atoms with Crippen molar-refractivity contribution in [1.82, 2.24) is 9.97 Å². The summed E-state index contributed by atoms with van der Waals surface area (Å²) < 4.78 is 38.8. The van der Waals surface area contributed by atoms with Crippen LogP contribution < -0.4 is 10.9 Å². The number of alkyl halides is 3. The molecule has 2 N–H and O–H groups in total. The maximum absolute atomic E-state index is 12.9. The van der Waals surface area contributed by atoms with Crippen LogP contribution in [-0.2, 0) is 11.0 Å². The number of aromatic amines is 1. The number of nitrogens with zero attached hydrogens (tertiary/aromatic N) is 1. The van der Waals surface area contributed by atoms with Crippen molar-refractivity contribution < 1.29 is 18.0 Å². The minimum absolute atomic E-state index is 0.197. The standard InChI is InChI=1S/C17H16F3N3O2S.C9H12/c1-3-6-11-10(2)21-16(23-15(11)25)26-9-14(24)22-13-8-5-4-7-12(13)17(18,19)20;1-7-4-5-8(2)9(3)6-7/h3-8H,9H2,1-2H3,(H,22,24)(H,21,23,25);4-6H,1-3H3/b6-3-;. The Kier molecular flexibility index (Phi) is 9.89. The predicted molar refractivity (Wildman–Crippen MR) is 136 cm³/mol. The molecule has 3 rings (SSSR count). The Hall–Kier alpha value is -3.33. The van der Waals surface area contributed by atoms with E-state index in [1.54, 1.807) is 26.0 Å². The lowest BCUT2D eigenvalue weighted by atomic mass is 10.1. The molecule has 0 aliphatic heterocycles. The van der Waals surface area contributed by atoms with Crippen LogP contribution in [0.2, 0.25) is 0 Å². The summed E-state index contributed by atoms with van der Waals surface area (Å²) in [4.78, 5) is 30.7. The van der Waals surface area contributed by atoms with Gasteiger partial charge in [-0.1, -0.05) is 59.8 Å². The highest BCUT2D eigenvalue weighted by molar-refractivity contribution is 7.99. The zero-order valence-corrected chi connectivity index (χ0v) is 21.0. The molecule has 35 heavy (non-hydrogen) atoms. The topological polar surface area (TPSA) is 74.8 Å². The number of halogens is 3. The number of nitrogens with one attached hydrogen (secondary N) is 2. The van der Waals surface area contributed by atoms with Crippen LogP contribution in [0, 0.1) is 27.7 Å². The highest BCUT2D eigenvalue weighted by atomic mass is 32.2. The van der Waals surface area contributed by atoms with Crippen LogP contribution in [0.1, 0.15) is 40.4 Å². The number of hydrogen-bond acceptors (Lipinski definition) is 4. The van der Waals surface area contributed by atoms with E-state index in [0.29, 0.717) is 11.3 Å². The summed E-state index contributed by atoms with van der Waals surface area (Å²) in [5.41, 5.74) is 3.44. The van der Waals surface area contributed by atoms with Gasteiger partial charge in [-0.15, -0.1) is 0 Å². The Labute approximate surface area is 206 Å². The molecule has 0 saturated carbocycles. The molecule has 9 heteroatoms. The van der Waals surface area contributed by atoms with E-state index in [1.165, 1.54) is 34.9 Å². The number of aromatic nitrogens is 2. The van der Waals surface area contributed by atoms with Crippen molar-refractivity contribution in [3.05, 3.63) is 92.4 Å².